The molecular formula is C13H8IN. The summed E-state index contributed by atoms with van der Waals surface area (Å²) in [5, 5.41) is 8.77. The maximum absolute atomic E-state index is 8.77. The first kappa shape index (κ1) is 10.2. The lowest BCUT2D eigenvalue weighted by Gasteiger charge is -2.04. The van der Waals surface area contributed by atoms with E-state index in [2.05, 4.69) is 40.8 Å². The highest BCUT2D eigenvalue weighted by atomic mass is 127. The molecule has 0 aliphatic rings. The summed E-state index contributed by atoms with van der Waals surface area (Å²) in [5.74, 6) is 0. The summed E-state index contributed by atoms with van der Waals surface area (Å²) >= 11 is 2.26. The van der Waals surface area contributed by atoms with E-state index in [1.807, 2.05) is 36.4 Å². The van der Waals surface area contributed by atoms with Gasteiger partial charge in [0.15, 0.2) is 0 Å². The molecule has 0 saturated carbocycles. The van der Waals surface area contributed by atoms with Crippen molar-refractivity contribution >= 4 is 22.6 Å². The van der Waals surface area contributed by atoms with Gasteiger partial charge < -0.3 is 0 Å². The van der Waals surface area contributed by atoms with E-state index in [1.54, 1.807) is 0 Å². The molecule has 2 aromatic rings. The molecule has 0 saturated heterocycles. The van der Waals surface area contributed by atoms with Crippen LogP contribution in [0.15, 0.2) is 48.5 Å². The van der Waals surface area contributed by atoms with Gasteiger partial charge >= 0.3 is 0 Å². The number of rotatable bonds is 1. The van der Waals surface area contributed by atoms with Crippen molar-refractivity contribution in [1.29, 1.82) is 5.26 Å². The van der Waals surface area contributed by atoms with Crippen LogP contribution >= 0.6 is 22.6 Å². The maximum atomic E-state index is 8.77. The molecule has 2 aromatic carbocycles. The summed E-state index contributed by atoms with van der Waals surface area (Å²) in [6, 6.07) is 18.1. The molecule has 0 N–H and O–H groups in total. The summed E-state index contributed by atoms with van der Waals surface area (Å²) in [6.07, 6.45) is 0. The zero-order valence-electron chi connectivity index (χ0n) is 7.94. The van der Waals surface area contributed by atoms with Gasteiger partial charge in [-0.25, -0.2) is 0 Å². The largest absolute Gasteiger partial charge is 0.192 e. The van der Waals surface area contributed by atoms with Gasteiger partial charge in [0.25, 0.3) is 0 Å². The molecule has 0 fully saturated rings. The normalized spacial score (nSPS) is 9.60. The van der Waals surface area contributed by atoms with Crippen LogP contribution in [0.2, 0.25) is 0 Å². The van der Waals surface area contributed by atoms with Crippen molar-refractivity contribution in [3.63, 3.8) is 0 Å². The van der Waals surface area contributed by atoms with Crippen molar-refractivity contribution in [3.05, 3.63) is 57.7 Å². The topological polar surface area (TPSA) is 23.8 Å². The average molecular weight is 305 g/mol. The van der Waals surface area contributed by atoms with Crippen LogP contribution in [0.1, 0.15) is 5.56 Å². The monoisotopic (exact) mass is 305 g/mol. The number of nitrogens with zero attached hydrogens (tertiary/aromatic N) is 1. The zero-order chi connectivity index (χ0) is 10.7. The predicted molar refractivity (Wildman–Crippen MR) is 69.3 cm³/mol. The van der Waals surface area contributed by atoms with Crippen molar-refractivity contribution < 1.29 is 0 Å². The first-order valence-electron chi connectivity index (χ1n) is 4.56. The zero-order valence-corrected chi connectivity index (χ0v) is 10.1. The molecule has 0 amide bonds. The molecule has 72 valence electrons. The Morgan fingerprint density at radius 3 is 2.33 bits per heavy atom. The minimum atomic E-state index is 0.707. The Morgan fingerprint density at radius 1 is 1.00 bits per heavy atom. The highest BCUT2D eigenvalue weighted by Gasteiger charge is 2.02. The Morgan fingerprint density at radius 2 is 1.73 bits per heavy atom. The van der Waals surface area contributed by atoms with E-state index in [9.17, 15) is 0 Å². The van der Waals surface area contributed by atoms with Crippen molar-refractivity contribution in [2.24, 2.45) is 0 Å². The van der Waals surface area contributed by atoms with Crippen LogP contribution in [-0.4, -0.2) is 0 Å². The lowest BCUT2D eigenvalue weighted by Crippen LogP contribution is -1.84. The highest BCUT2D eigenvalue weighted by molar-refractivity contribution is 14.1. The van der Waals surface area contributed by atoms with Gasteiger partial charge in [0.2, 0.25) is 0 Å². The Bertz CT molecular complexity index is 512. The third-order valence-electron chi connectivity index (χ3n) is 2.18. The molecule has 15 heavy (non-hydrogen) atoms. The van der Waals surface area contributed by atoms with Gasteiger partial charge in [-0.1, -0.05) is 36.4 Å². The Hall–Kier alpha value is -1.34. The van der Waals surface area contributed by atoms with Gasteiger partial charge in [0.1, 0.15) is 0 Å². The van der Waals surface area contributed by atoms with Crippen LogP contribution in [0.3, 0.4) is 0 Å². The van der Waals surface area contributed by atoms with Crippen molar-refractivity contribution in [3.8, 4) is 17.2 Å². The third kappa shape index (κ3) is 2.18. The summed E-state index contributed by atoms with van der Waals surface area (Å²) in [6.45, 7) is 0. The lowest BCUT2D eigenvalue weighted by atomic mass is 10.0. The molecule has 0 aliphatic heterocycles. The fourth-order valence-electron chi connectivity index (χ4n) is 1.44. The number of hydrogen-bond donors (Lipinski definition) is 0. The molecule has 0 bridgehead atoms. The molecule has 0 aromatic heterocycles. The van der Waals surface area contributed by atoms with Gasteiger partial charge in [-0.15, -0.1) is 0 Å². The fraction of sp³-hybridized carbons (Fsp3) is 0. The van der Waals surface area contributed by atoms with Crippen molar-refractivity contribution in [2.45, 2.75) is 0 Å². The lowest BCUT2D eigenvalue weighted by molar-refractivity contribution is 1.47. The van der Waals surface area contributed by atoms with Gasteiger partial charge in [0.05, 0.1) is 11.6 Å². The van der Waals surface area contributed by atoms with Crippen LogP contribution in [-0.2, 0) is 0 Å². The molecule has 0 radical (unpaired) electrons. The van der Waals surface area contributed by atoms with Gasteiger partial charge in [0, 0.05) is 3.57 Å². The van der Waals surface area contributed by atoms with Gasteiger partial charge in [-0.05, 0) is 45.9 Å². The van der Waals surface area contributed by atoms with Crippen LogP contribution in [0.25, 0.3) is 11.1 Å². The fourth-order valence-corrected chi connectivity index (χ4v) is 2.26. The molecule has 2 heteroatoms. The summed E-state index contributed by atoms with van der Waals surface area (Å²) in [7, 11) is 0. The summed E-state index contributed by atoms with van der Waals surface area (Å²) in [4.78, 5) is 0. The van der Waals surface area contributed by atoms with Crippen molar-refractivity contribution in [1.82, 2.24) is 0 Å². The smallest absolute Gasteiger partial charge is 0.0991 e. The molecule has 0 aliphatic carbocycles. The second-order valence-electron chi connectivity index (χ2n) is 3.17. The quantitative estimate of drug-likeness (QED) is 0.735. The van der Waals surface area contributed by atoms with E-state index in [4.69, 9.17) is 5.26 Å². The standard InChI is InChI=1S/C13H8IN/c14-13-8-10(9-15)6-7-12(13)11-4-2-1-3-5-11/h1-8H. The van der Waals surface area contributed by atoms with Crippen LogP contribution < -0.4 is 0 Å². The number of hydrogen-bond acceptors (Lipinski definition) is 1. The van der Waals surface area contributed by atoms with E-state index in [0.29, 0.717) is 5.56 Å². The number of benzene rings is 2. The molecule has 2 rings (SSSR count). The second kappa shape index (κ2) is 4.45. The minimum Gasteiger partial charge on any atom is -0.192 e. The van der Waals surface area contributed by atoms with E-state index < -0.39 is 0 Å². The highest BCUT2D eigenvalue weighted by Crippen LogP contribution is 2.25. The number of nitriles is 1. The molecule has 0 spiro atoms. The maximum Gasteiger partial charge on any atom is 0.0991 e. The third-order valence-corrected chi connectivity index (χ3v) is 3.08. The molecule has 1 nitrogen and oxygen atoms in total. The Labute approximate surface area is 103 Å². The van der Waals surface area contributed by atoms with E-state index in [-0.39, 0.29) is 0 Å². The molecule has 0 atom stereocenters. The molecule has 0 unspecified atom stereocenters. The summed E-state index contributed by atoms with van der Waals surface area (Å²) in [5.41, 5.74) is 3.07. The Kier molecular flexibility index (Phi) is 3.02. The first-order valence-corrected chi connectivity index (χ1v) is 5.64. The summed E-state index contributed by atoms with van der Waals surface area (Å²) < 4.78 is 1.11. The number of halogens is 1. The minimum absolute atomic E-state index is 0.707. The van der Waals surface area contributed by atoms with Crippen LogP contribution in [0, 0.1) is 14.9 Å². The van der Waals surface area contributed by atoms with Crippen LogP contribution in [0.5, 0.6) is 0 Å². The molecular weight excluding hydrogens is 297 g/mol. The predicted octanol–water partition coefficient (Wildman–Crippen LogP) is 3.83. The van der Waals surface area contributed by atoms with Crippen molar-refractivity contribution in [2.75, 3.05) is 0 Å². The average Bonchev–Trinajstić information content (AvgIpc) is 2.30. The van der Waals surface area contributed by atoms with E-state index in [0.717, 1.165) is 3.57 Å². The second-order valence-corrected chi connectivity index (χ2v) is 4.33. The first-order chi connectivity index (χ1) is 7.31. The van der Waals surface area contributed by atoms with E-state index in [1.165, 1.54) is 11.1 Å². The van der Waals surface area contributed by atoms with E-state index >= 15 is 0 Å². The van der Waals surface area contributed by atoms with Crippen LogP contribution in [0.4, 0.5) is 0 Å². The Balaban J connectivity index is 2.52. The van der Waals surface area contributed by atoms with Gasteiger partial charge in [-0.3, -0.25) is 0 Å². The van der Waals surface area contributed by atoms with Gasteiger partial charge in [-0.2, -0.15) is 5.26 Å². The molecule has 0 heterocycles. The SMILES string of the molecule is N#Cc1ccc(-c2ccccc2)c(I)c1.